The van der Waals surface area contributed by atoms with E-state index in [1.54, 1.807) is 6.08 Å². The molecule has 1 heteroatoms. The van der Waals surface area contributed by atoms with Crippen LogP contribution in [0, 0.1) is 11.3 Å². The summed E-state index contributed by atoms with van der Waals surface area (Å²) in [4.78, 5) is 0. The Morgan fingerprint density at radius 2 is 1.79 bits per heavy atom. The van der Waals surface area contributed by atoms with Gasteiger partial charge < -0.3 is 0 Å². The number of nitrogens with zero attached hydrogens (tertiary/aromatic N) is 1. The fraction of sp³-hybridized carbons (Fsp3) is 0.462. The molecule has 0 saturated heterocycles. The maximum absolute atomic E-state index is 8.32. The maximum Gasteiger partial charge on any atom is 0.0669 e. The standard InChI is InChI=1S/C9H11N.2C2H6/c1-3-5-6-9(4-2)7-8-10;2*1-2/h3-6H,1,7H2,2H3;2*1-2H3/b6-5-,9-4+;;. The number of hydrogen-bond acceptors (Lipinski definition) is 1. The van der Waals surface area contributed by atoms with E-state index in [9.17, 15) is 0 Å². The minimum atomic E-state index is 0.473. The molecule has 14 heavy (non-hydrogen) atoms. The molecule has 0 fully saturated rings. The molecular formula is C13H23N. The van der Waals surface area contributed by atoms with Crippen LogP contribution in [-0.4, -0.2) is 0 Å². The van der Waals surface area contributed by atoms with E-state index in [0.29, 0.717) is 6.42 Å². The van der Waals surface area contributed by atoms with Crippen molar-refractivity contribution >= 4 is 0 Å². The van der Waals surface area contributed by atoms with Crippen LogP contribution in [0.2, 0.25) is 0 Å². The van der Waals surface area contributed by atoms with Crippen LogP contribution < -0.4 is 0 Å². The van der Waals surface area contributed by atoms with Gasteiger partial charge in [-0.1, -0.05) is 58.6 Å². The van der Waals surface area contributed by atoms with Crippen LogP contribution >= 0.6 is 0 Å². The highest BCUT2D eigenvalue weighted by Gasteiger charge is 1.85. The van der Waals surface area contributed by atoms with Gasteiger partial charge in [0.05, 0.1) is 12.5 Å². The molecule has 0 aromatic heterocycles. The Labute approximate surface area is 89.5 Å². The molecule has 0 aliphatic heterocycles. The van der Waals surface area contributed by atoms with Crippen LogP contribution in [0.5, 0.6) is 0 Å². The molecule has 0 aromatic rings. The Bertz CT molecular complexity index is 192. The zero-order valence-corrected chi connectivity index (χ0v) is 10.2. The molecule has 0 heterocycles. The van der Waals surface area contributed by atoms with Crippen molar-refractivity contribution in [3.8, 4) is 6.07 Å². The van der Waals surface area contributed by atoms with E-state index in [-0.39, 0.29) is 0 Å². The van der Waals surface area contributed by atoms with E-state index in [1.165, 1.54) is 0 Å². The third-order valence-corrected chi connectivity index (χ3v) is 1.10. The molecule has 0 rings (SSSR count). The number of rotatable bonds is 3. The summed E-state index contributed by atoms with van der Waals surface area (Å²) in [6.45, 7) is 13.4. The highest BCUT2D eigenvalue weighted by molar-refractivity contribution is 5.23. The third kappa shape index (κ3) is 17.0. The van der Waals surface area contributed by atoms with Crippen molar-refractivity contribution in [2.45, 2.75) is 41.0 Å². The molecule has 0 atom stereocenters. The van der Waals surface area contributed by atoms with Crippen LogP contribution in [0.15, 0.2) is 36.5 Å². The van der Waals surface area contributed by atoms with Gasteiger partial charge in [0.2, 0.25) is 0 Å². The van der Waals surface area contributed by atoms with E-state index in [4.69, 9.17) is 5.26 Å². The Morgan fingerprint density at radius 1 is 1.29 bits per heavy atom. The van der Waals surface area contributed by atoms with E-state index in [1.807, 2.05) is 52.8 Å². The number of allylic oxidation sites excluding steroid dienone is 5. The predicted octanol–water partition coefficient (Wildman–Crippen LogP) is 4.64. The molecule has 0 radical (unpaired) electrons. The fourth-order valence-corrected chi connectivity index (χ4v) is 0.540. The molecule has 80 valence electrons. The van der Waals surface area contributed by atoms with Gasteiger partial charge in [0.1, 0.15) is 0 Å². The maximum atomic E-state index is 8.32. The highest BCUT2D eigenvalue weighted by Crippen LogP contribution is 2.00. The fourth-order valence-electron chi connectivity index (χ4n) is 0.540. The lowest BCUT2D eigenvalue weighted by atomic mass is 10.2. The van der Waals surface area contributed by atoms with Gasteiger partial charge in [0.15, 0.2) is 0 Å². The third-order valence-electron chi connectivity index (χ3n) is 1.10. The molecule has 0 spiro atoms. The van der Waals surface area contributed by atoms with Crippen molar-refractivity contribution < 1.29 is 0 Å². The van der Waals surface area contributed by atoms with Gasteiger partial charge in [-0.2, -0.15) is 5.26 Å². The van der Waals surface area contributed by atoms with Gasteiger partial charge in [-0.15, -0.1) is 0 Å². The first-order valence-electron chi connectivity index (χ1n) is 5.16. The summed E-state index contributed by atoms with van der Waals surface area (Å²) >= 11 is 0. The molecule has 0 aromatic carbocycles. The van der Waals surface area contributed by atoms with Crippen molar-refractivity contribution in [2.75, 3.05) is 0 Å². The summed E-state index contributed by atoms with van der Waals surface area (Å²) in [6, 6.07) is 2.07. The smallest absolute Gasteiger partial charge is 0.0669 e. The predicted molar refractivity (Wildman–Crippen MR) is 66.0 cm³/mol. The molecule has 0 bridgehead atoms. The van der Waals surface area contributed by atoms with Crippen molar-refractivity contribution in [1.29, 1.82) is 5.26 Å². The van der Waals surface area contributed by atoms with Crippen molar-refractivity contribution in [3.05, 3.63) is 36.5 Å². The van der Waals surface area contributed by atoms with Gasteiger partial charge in [-0.05, 0) is 12.5 Å². The largest absolute Gasteiger partial charge is 0.198 e. The average molecular weight is 193 g/mol. The zero-order valence-electron chi connectivity index (χ0n) is 10.2. The molecule has 1 nitrogen and oxygen atoms in total. The SMILES string of the molecule is C=C/C=C\C(=C/C)CC#N.CC.CC. The monoisotopic (exact) mass is 193 g/mol. The first-order chi connectivity index (χ1) is 6.85. The second-order valence-electron chi connectivity index (χ2n) is 1.79. The van der Waals surface area contributed by atoms with Gasteiger partial charge in [0, 0.05) is 0 Å². The van der Waals surface area contributed by atoms with Gasteiger partial charge >= 0.3 is 0 Å². The first-order valence-corrected chi connectivity index (χ1v) is 5.16. The quantitative estimate of drug-likeness (QED) is 0.599. The van der Waals surface area contributed by atoms with E-state index >= 15 is 0 Å². The Kier molecular flexibility index (Phi) is 29.8. The Morgan fingerprint density at radius 3 is 2.07 bits per heavy atom. The number of hydrogen-bond donors (Lipinski definition) is 0. The minimum absolute atomic E-state index is 0.473. The van der Waals surface area contributed by atoms with Crippen LogP contribution in [0.25, 0.3) is 0 Å². The van der Waals surface area contributed by atoms with Gasteiger partial charge in [0.25, 0.3) is 0 Å². The normalized spacial score (nSPS) is 9.00. The van der Waals surface area contributed by atoms with E-state index in [0.717, 1.165) is 5.57 Å². The van der Waals surface area contributed by atoms with Crippen molar-refractivity contribution in [1.82, 2.24) is 0 Å². The Balaban J connectivity index is -0.000000266. The minimum Gasteiger partial charge on any atom is -0.198 e. The average Bonchev–Trinajstić information content (AvgIpc) is 2.29. The van der Waals surface area contributed by atoms with Gasteiger partial charge in [-0.3, -0.25) is 0 Å². The molecular weight excluding hydrogens is 170 g/mol. The lowest BCUT2D eigenvalue weighted by molar-refractivity contribution is 1.26. The molecule has 0 saturated carbocycles. The summed E-state index contributed by atoms with van der Waals surface area (Å²) in [5.74, 6) is 0. The van der Waals surface area contributed by atoms with Crippen molar-refractivity contribution in [2.24, 2.45) is 0 Å². The molecule has 0 aliphatic carbocycles. The zero-order chi connectivity index (χ0) is 11.8. The lowest BCUT2D eigenvalue weighted by Crippen LogP contribution is -1.72. The van der Waals surface area contributed by atoms with Crippen LogP contribution in [-0.2, 0) is 0 Å². The summed E-state index contributed by atoms with van der Waals surface area (Å²) in [7, 11) is 0. The Hall–Kier alpha value is -1.29. The van der Waals surface area contributed by atoms with E-state index < -0.39 is 0 Å². The van der Waals surface area contributed by atoms with Gasteiger partial charge in [-0.25, -0.2) is 0 Å². The van der Waals surface area contributed by atoms with E-state index in [2.05, 4.69) is 12.6 Å². The summed E-state index contributed by atoms with van der Waals surface area (Å²) in [5.41, 5.74) is 1.03. The summed E-state index contributed by atoms with van der Waals surface area (Å²) in [6.07, 6.45) is 7.80. The summed E-state index contributed by atoms with van der Waals surface area (Å²) in [5, 5.41) is 8.32. The summed E-state index contributed by atoms with van der Waals surface area (Å²) < 4.78 is 0. The molecule has 0 amide bonds. The van der Waals surface area contributed by atoms with Crippen LogP contribution in [0.1, 0.15) is 41.0 Å². The lowest BCUT2D eigenvalue weighted by Gasteiger charge is -1.88. The highest BCUT2D eigenvalue weighted by atomic mass is 14.2. The topological polar surface area (TPSA) is 23.8 Å². The molecule has 0 N–H and O–H groups in total. The second kappa shape index (κ2) is 22.6. The first kappa shape index (κ1) is 18.5. The second-order valence-corrected chi connectivity index (χ2v) is 1.79. The van der Waals surface area contributed by atoms with Crippen LogP contribution in [0.4, 0.5) is 0 Å². The molecule has 0 unspecified atom stereocenters. The van der Waals surface area contributed by atoms with Crippen LogP contribution in [0.3, 0.4) is 0 Å². The van der Waals surface area contributed by atoms with Crippen molar-refractivity contribution in [3.63, 3.8) is 0 Å². The number of nitriles is 1. The molecule has 0 aliphatic rings.